The van der Waals surface area contributed by atoms with Crippen LogP contribution in [0.5, 0.6) is 0 Å². The van der Waals surface area contributed by atoms with Gasteiger partial charge in [-0.2, -0.15) is 17.2 Å². The topological polar surface area (TPSA) is 178 Å². The maximum absolute atomic E-state index is 13.5. The van der Waals surface area contributed by atoms with Crippen molar-refractivity contribution in [3.8, 4) is 0 Å². The van der Waals surface area contributed by atoms with Crippen LogP contribution in [0, 0.1) is 11.8 Å². The largest absolute Gasteiger partial charge is 0.455 e. The second-order valence-corrected chi connectivity index (χ2v) is 11.1. The first-order valence-electron chi connectivity index (χ1n) is 12.2. The minimum atomic E-state index is -5.84. The second-order valence-electron chi connectivity index (χ2n) is 9.65. The van der Waals surface area contributed by atoms with Crippen LogP contribution in [0.15, 0.2) is 0 Å². The highest BCUT2D eigenvalue weighted by Gasteiger charge is 2.72. The molecule has 2 bridgehead atoms. The summed E-state index contributed by atoms with van der Waals surface area (Å²) in [7, 11) is -5.84. The van der Waals surface area contributed by atoms with Gasteiger partial charge in [0.1, 0.15) is 24.0 Å². The van der Waals surface area contributed by atoms with Gasteiger partial charge in [0.15, 0.2) is 25.1 Å². The third kappa shape index (κ3) is 5.62. The Morgan fingerprint density at radius 2 is 1.74 bits per heavy atom. The molecule has 0 aromatic carbocycles. The Kier molecular flexibility index (Phi) is 8.26. The zero-order valence-corrected chi connectivity index (χ0v) is 21.1. The van der Waals surface area contributed by atoms with Gasteiger partial charge in [0.25, 0.3) is 0 Å². The van der Waals surface area contributed by atoms with Crippen molar-refractivity contribution < 1.29 is 69.4 Å². The molecule has 214 valence electrons. The van der Waals surface area contributed by atoms with Crippen molar-refractivity contribution in [2.75, 3.05) is 6.79 Å². The lowest BCUT2D eigenvalue weighted by Gasteiger charge is -2.27. The van der Waals surface area contributed by atoms with Crippen molar-refractivity contribution in [1.29, 1.82) is 0 Å². The molecule has 0 aromatic rings. The molecule has 4 fully saturated rings. The van der Waals surface area contributed by atoms with E-state index in [1.807, 2.05) is 0 Å². The number of carbonyl (C=O) groups is 4. The number of hydrogen-bond acceptors (Lipinski definition) is 12. The summed E-state index contributed by atoms with van der Waals surface area (Å²) >= 11 is 0. The third-order valence-corrected chi connectivity index (χ3v) is 8.18. The number of fused-ring (bicyclic) bond motifs is 1. The number of carbonyl (C=O) groups excluding carboxylic acids is 4. The Hall–Kier alpha value is -2.43. The molecule has 0 aromatic heterocycles. The Balaban J connectivity index is 1.28. The SMILES string of the molecule is CC(OC(=O)CCC(=O)OC1C2OC(=O)C3C2OC1C3C(=O)OCOC1CCCCC1)C(F)(F)S(=O)(=O)O. The van der Waals surface area contributed by atoms with Gasteiger partial charge >= 0.3 is 39.2 Å². The van der Waals surface area contributed by atoms with Gasteiger partial charge in [0, 0.05) is 0 Å². The fourth-order valence-electron chi connectivity index (χ4n) is 5.20. The maximum atomic E-state index is 13.5. The summed E-state index contributed by atoms with van der Waals surface area (Å²) in [6.45, 7) is 0.255. The zero-order valence-electron chi connectivity index (χ0n) is 20.3. The highest BCUT2D eigenvalue weighted by molar-refractivity contribution is 7.86. The van der Waals surface area contributed by atoms with Gasteiger partial charge in [0.2, 0.25) is 0 Å². The van der Waals surface area contributed by atoms with Crippen molar-refractivity contribution in [3.05, 3.63) is 0 Å². The number of esters is 4. The van der Waals surface area contributed by atoms with Crippen molar-refractivity contribution in [2.45, 2.75) is 93.7 Å². The molecule has 0 amide bonds. The van der Waals surface area contributed by atoms with Gasteiger partial charge in [0.05, 0.1) is 18.9 Å². The van der Waals surface area contributed by atoms with Crippen molar-refractivity contribution in [3.63, 3.8) is 0 Å². The number of alkyl halides is 2. The van der Waals surface area contributed by atoms with E-state index < -0.39 is 94.4 Å². The van der Waals surface area contributed by atoms with Gasteiger partial charge in [-0.25, -0.2) is 0 Å². The highest BCUT2D eigenvalue weighted by Crippen LogP contribution is 2.51. The second kappa shape index (κ2) is 11.0. The van der Waals surface area contributed by atoms with Crippen LogP contribution in [-0.2, 0) is 57.7 Å². The molecule has 7 unspecified atom stereocenters. The normalized spacial score (nSPS) is 31.5. The van der Waals surface area contributed by atoms with E-state index in [1.54, 1.807) is 0 Å². The van der Waals surface area contributed by atoms with Crippen LogP contribution in [0.1, 0.15) is 51.9 Å². The fraction of sp³-hybridized carbons (Fsp3) is 0.818. The Morgan fingerprint density at radius 3 is 2.39 bits per heavy atom. The van der Waals surface area contributed by atoms with Gasteiger partial charge in [-0.15, -0.1) is 0 Å². The number of hydrogen-bond donors (Lipinski definition) is 1. The van der Waals surface area contributed by atoms with E-state index in [-0.39, 0.29) is 12.9 Å². The molecule has 0 radical (unpaired) electrons. The quantitative estimate of drug-likeness (QED) is 0.160. The molecule has 3 heterocycles. The van der Waals surface area contributed by atoms with Gasteiger partial charge < -0.3 is 28.4 Å². The predicted octanol–water partition coefficient (Wildman–Crippen LogP) is 0.880. The van der Waals surface area contributed by atoms with Crippen LogP contribution in [0.2, 0.25) is 0 Å². The van der Waals surface area contributed by atoms with E-state index in [0.29, 0.717) is 6.92 Å². The monoisotopic (exact) mass is 570 g/mol. The maximum Gasteiger partial charge on any atom is 0.405 e. The molecule has 16 heteroatoms. The Labute approximate surface area is 216 Å². The summed E-state index contributed by atoms with van der Waals surface area (Å²) in [6.07, 6.45) is -3.10. The summed E-state index contributed by atoms with van der Waals surface area (Å²) < 4.78 is 88.5. The predicted molar refractivity (Wildman–Crippen MR) is 116 cm³/mol. The summed E-state index contributed by atoms with van der Waals surface area (Å²) in [5.74, 6) is -5.86. The molecule has 1 N–H and O–H groups in total. The lowest BCUT2D eigenvalue weighted by molar-refractivity contribution is -0.175. The van der Waals surface area contributed by atoms with Gasteiger partial charge in [-0.05, 0) is 19.8 Å². The Bertz CT molecular complexity index is 1060. The minimum absolute atomic E-state index is 0.0173. The lowest BCUT2D eigenvalue weighted by Crippen LogP contribution is -2.48. The first-order valence-corrected chi connectivity index (χ1v) is 13.6. The molecule has 0 spiro atoms. The molecular formula is C22H28F2O13S. The molecular weight excluding hydrogens is 542 g/mol. The first-order chi connectivity index (χ1) is 17.8. The van der Waals surface area contributed by atoms with Crippen molar-refractivity contribution in [1.82, 2.24) is 0 Å². The van der Waals surface area contributed by atoms with Crippen LogP contribution in [0.25, 0.3) is 0 Å². The van der Waals surface area contributed by atoms with E-state index in [1.165, 1.54) is 0 Å². The number of halogens is 2. The number of ether oxygens (including phenoxy) is 6. The summed E-state index contributed by atoms with van der Waals surface area (Å²) in [4.78, 5) is 49.3. The summed E-state index contributed by atoms with van der Waals surface area (Å²) in [6, 6.07) is 0. The van der Waals surface area contributed by atoms with Crippen LogP contribution in [-0.4, -0.2) is 85.5 Å². The summed E-state index contributed by atoms with van der Waals surface area (Å²) in [5, 5.41) is -4.75. The average molecular weight is 571 g/mol. The Morgan fingerprint density at radius 1 is 1.08 bits per heavy atom. The highest BCUT2D eigenvalue weighted by atomic mass is 32.2. The van der Waals surface area contributed by atoms with E-state index in [4.69, 9.17) is 28.2 Å². The van der Waals surface area contributed by atoms with E-state index in [2.05, 4.69) is 4.74 Å². The van der Waals surface area contributed by atoms with Crippen LogP contribution < -0.4 is 0 Å². The third-order valence-electron chi connectivity index (χ3n) is 7.16. The molecule has 13 nitrogen and oxygen atoms in total. The van der Waals surface area contributed by atoms with Gasteiger partial charge in [-0.3, -0.25) is 23.7 Å². The molecule has 3 saturated heterocycles. The number of rotatable bonds is 11. The molecule has 3 aliphatic heterocycles. The van der Waals surface area contributed by atoms with Gasteiger partial charge in [-0.1, -0.05) is 19.3 Å². The van der Waals surface area contributed by atoms with Crippen molar-refractivity contribution in [2.24, 2.45) is 11.8 Å². The van der Waals surface area contributed by atoms with E-state index in [9.17, 15) is 36.4 Å². The van der Waals surface area contributed by atoms with E-state index in [0.717, 1.165) is 32.1 Å². The molecule has 4 aliphatic rings. The lowest BCUT2D eigenvalue weighted by atomic mass is 9.78. The average Bonchev–Trinajstić information content (AvgIpc) is 3.46. The standard InChI is InChI=1S/C22H28F2O13S/c1-10(22(23,24)38(29,30)31)34-12(25)7-8-13(26)35-18-16-14(15-17(36-16)19(18)37-21(15)28)20(27)33-9-32-11-5-3-2-4-6-11/h10-11,14-19H,2-9H2,1H3,(H,29,30,31). The molecule has 1 saturated carbocycles. The summed E-state index contributed by atoms with van der Waals surface area (Å²) in [5.41, 5.74) is 0. The van der Waals surface area contributed by atoms with Crippen LogP contribution in [0.3, 0.4) is 0 Å². The molecule has 38 heavy (non-hydrogen) atoms. The fourth-order valence-corrected chi connectivity index (χ4v) is 5.67. The molecule has 7 atom stereocenters. The first kappa shape index (κ1) is 28.6. The van der Waals surface area contributed by atoms with Crippen molar-refractivity contribution >= 4 is 34.0 Å². The minimum Gasteiger partial charge on any atom is -0.455 e. The van der Waals surface area contributed by atoms with Crippen LogP contribution in [0.4, 0.5) is 8.78 Å². The molecule has 1 aliphatic carbocycles. The van der Waals surface area contributed by atoms with Crippen LogP contribution >= 0.6 is 0 Å². The van der Waals surface area contributed by atoms with E-state index >= 15 is 0 Å². The zero-order chi connectivity index (χ0) is 27.8. The smallest absolute Gasteiger partial charge is 0.405 e. The molecule has 4 rings (SSSR count).